The van der Waals surface area contributed by atoms with Crippen LogP contribution < -0.4 is 21.3 Å². The van der Waals surface area contributed by atoms with E-state index in [0.717, 1.165) is 24.9 Å². The van der Waals surface area contributed by atoms with Crippen LogP contribution >= 0.6 is 0 Å². The highest BCUT2D eigenvalue weighted by atomic mass is 15.2. The van der Waals surface area contributed by atoms with E-state index < -0.39 is 0 Å². The topological polar surface area (TPSA) is 72.8 Å². The van der Waals surface area contributed by atoms with Crippen molar-refractivity contribution in [3.63, 3.8) is 0 Å². The average Bonchev–Trinajstić information content (AvgIpc) is 2.93. The molecule has 0 aliphatic heterocycles. The Morgan fingerprint density at radius 3 is 1.47 bits per heavy atom. The summed E-state index contributed by atoms with van der Waals surface area (Å²) < 4.78 is 0. The van der Waals surface area contributed by atoms with Gasteiger partial charge in [0.15, 0.2) is 11.9 Å². The maximum absolute atomic E-state index is 5.25. The van der Waals surface area contributed by atoms with E-state index in [4.69, 9.17) is 9.98 Å². The molecule has 6 heteroatoms. The van der Waals surface area contributed by atoms with Crippen LogP contribution in [-0.2, 0) is 0 Å². The van der Waals surface area contributed by atoms with Gasteiger partial charge in [0.1, 0.15) is 0 Å². The fourth-order valence-electron chi connectivity index (χ4n) is 6.63. The van der Waals surface area contributed by atoms with Gasteiger partial charge in [-0.15, -0.1) is 0 Å². The van der Waals surface area contributed by atoms with E-state index >= 15 is 0 Å². The van der Waals surface area contributed by atoms with Gasteiger partial charge in [0.2, 0.25) is 0 Å². The van der Waals surface area contributed by atoms with Crippen LogP contribution in [0.4, 0.5) is 0 Å². The van der Waals surface area contributed by atoms with Crippen LogP contribution in [0.3, 0.4) is 0 Å². The lowest BCUT2D eigenvalue weighted by molar-refractivity contribution is 0.398. The molecule has 0 heterocycles. The van der Waals surface area contributed by atoms with E-state index in [1.807, 2.05) is 0 Å². The van der Waals surface area contributed by atoms with Crippen LogP contribution in [0, 0.1) is 0 Å². The Morgan fingerprint density at radius 1 is 0.583 bits per heavy atom. The molecule has 4 N–H and O–H groups in total. The molecule has 0 aromatic heterocycles. The molecule has 0 spiro atoms. The molecule has 206 valence electrons. The molecular formula is C30H56N6. The molecule has 0 aromatic carbocycles. The van der Waals surface area contributed by atoms with Crippen molar-refractivity contribution in [2.24, 2.45) is 9.98 Å². The third-order valence-corrected chi connectivity index (χ3v) is 9.01. The van der Waals surface area contributed by atoms with Gasteiger partial charge in [-0.2, -0.15) is 0 Å². The summed E-state index contributed by atoms with van der Waals surface area (Å²) in [5.41, 5.74) is 0. The number of nitrogens with one attached hydrogen (secondary N) is 4. The Hall–Kier alpha value is -1.46. The van der Waals surface area contributed by atoms with Crippen molar-refractivity contribution in [1.29, 1.82) is 0 Å². The highest BCUT2D eigenvalue weighted by Crippen LogP contribution is 2.22. The zero-order valence-electron chi connectivity index (χ0n) is 23.3. The molecule has 1 atom stereocenters. The summed E-state index contributed by atoms with van der Waals surface area (Å²) >= 11 is 0. The van der Waals surface area contributed by atoms with Crippen LogP contribution in [0.2, 0.25) is 0 Å². The summed E-state index contributed by atoms with van der Waals surface area (Å²) in [6.45, 7) is 3.18. The zero-order chi connectivity index (χ0) is 24.8. The first kappa shape index (κ1) is 27.6. The van der Waals surface area contributed by atoms with E-state index in [-0.39, 0.29) is 0 Å². The van der Waals surface area contributed by atoms with Gasteiger partial charge in [-0.3, -0.25) is 0 Å². The number of aliphatic imine (C=N–C) groups is 2. The lowest BCUT2D eigenvalue weighted by Gasteiger charge is -2.30. The van der Waals surface area contributed by atoms with Crippen molar-refractivity contribution in [3.05, 3.63) is 0 Å². The van der Waals surface area contributed by atoms with E-state index in [0.29, 0.717) is 30.2 Å². The number of hydrogen-bond donors (Lipinski definition) is 4. The van der Waals surface area contributed by atoms with Crippen molar-refractivity contribution in [2.75, 3.05) is 6.54 Å². The molecule has 0 radical (unpaired) electrons. The van der Waals surface area contributed by atoms with E-state index in [2.05, 4.69) is 28.2 Å². The third-order valence-electron chi connectivity index (χ3n) is 9.01. The molecule has 0 amide bonds. The highest BCUT2D eigenvalue weighted by molar-refractivity contribution is 5.82. The van der Waals surface area contributed by atoms with Gasteiger partial charge in [-0.1, -0.05) is 84.0 Å². The molecule has 4 fully saturated rings. The van der Waals surface area contributed by atoms with Crippen LogP contribution in [-0.4, -0.2) is 48.7 Å². The summed E-state index contributed by atoms with van der Waals surface area (Å²) in [6.07, 6.45) is 27.4. The molecule has 4 saturated carbocycles. The second-order valence-corrected chi connectivity index (χ2v) is 12.1. The number of guanidine groups is 2. The van der Waals surface area contributed by atoms with Crippen molar-refractivity contribution in [3.8, 4) is 0 Å². The predicted octanol–water partition coefficient (Wildman–Crippen LogP) is 6.17. The quantitative estimate of drug-likeness (QED) is 0.238. The van der Waals surface area contributed by atoms with Gasteiger partial charge in [0.05, 0.1) is 12.1 Å². The molecule has 4 aliphatic carbocycles. The van der Waals surface area contributed by atoms with Crippen molar-refractivity contribution < 1.29 is 0 Å². The number of hydrogen-bond acceptors (Lipinski definition) is 2. The Kier molecular flexibility index (Phi) is 12.0. The molecule has 0 saturated heterocycles. The van der Waals surface area contributed by atoms with E-state index in [1.165, 1.54) is 128 Å². The first-order chi connectivity index (χ1) is 17.8. The fourth-order valence-corrected chi connectivity index (χ4v) is 6.63. The zero-order valence-corrected chi connectivity index (χ0v) is 23.3. The van der Waals surface area contributed by atoms with Crippen molar-refractivity contribution in [1.82, 2.24) is 21.3 Å². The minimum Gasteiger partial charge on any atom is -0.354 e. The molecule has 4 aliphatic rings. The maximum Gasteiger partial charge on any atom is 0.192 e. The minimum absolute atomic E-state index is 0.341. The maximum atomic E-state index is 5.25. The Bertz CT molecular complexity index is 652. The fraction of sp³-hybridized carbons (Fsp3) is 0.933. The second kappa shape index (κ2) is 15.7. The van der Waals surface area contributed by atoms with Crippen LogP contribution in [0.15, 0.2) is 9.98 Å². The number of nitrogens with zero attached hydrogens (tertiary/aromatic N) is 2. The summed E-state index contributed by atoms with van der Waals surface area (Å²) in [5.74, 6) is 2.12. The molecule has 6 nitrogen and oxygen atoms in total. The van der Waals surface area contributed by atoms with Gasteiger partial charge in [-0.05, 0) is 57.8 Å². The first-order valence-electron chi connectivity index (χ1n) is 16.0. The van der Waals surface area contributed by atoms with Crippen LogP contribution in [0.5, 0.6) is 0 Å². The van der Waals surface area contributed by atoms with Crippen LogP contribution in [0.25, 0.3) is 0 Å². The van der Waals surface area contributed by atoms with Crippen molar-refractivity contribution >= 4 is 11.9 Å². The molecule has 1 unspecified atom stereocenters. The molecule has 0 aromatic rings. The summed E-state index contributed by atoms with van der Waals surface area (Å²) in [5, 5.41) is 15.3. The smallest absolute Gasteiger partial charge is 0.192 e. The van der Waals surface area contributed by atoms with Gasteiger partial charge < -0.3 is 21.3 Å². The third kappa shape index (κ3) is 9.78. The highest BCUT2D eigenvalue weighted by Gasteiger charge is 2.21. The Morgan fingerprint density at radius 2 is 1.00 bits per heavy atom. The SMILES string of the molecule is CCC(CNC(=NC1CCCCC1)NC1CCCCC1)NC(=NC1CCCCC1)NC1CCCCC1. The van der Waals surface area contributed by atoms with Gasteiger partial charge in [-0.25, -0.2) is 9.98 Å². The molecule has 36 heavy (non-hydrogen) atoms. The normalized spacial score (nSPS) is 25.4. The van der Waals surface area contributed by atoms with E-state index in [1.54, 1.807) is 0 Å². The first-order valence-corrected chi connectivity index (χ1v) is 16.0. The minimum atomic E-state index is 0.341. The Balaban J connectivity index is 1.37. The van der Waals surface area contributed by atoms with Gasteiger partial charge >= 0.3 is 0 Å². The summed E-state index contributed by atoms with van der Waals surface area (Å²) in [6, 6.07) is 2.47. The monoisotopic (exact) mass is 500 g/mol. The lowest BCUT2D eigenvalue weighted by Crippen LogP contribution is -2.53. The average molecular weight is 501 g/mol. The predicted molar refractivity (Wildman–Crippen MR) is 154 cm³/mol. The summed E-state index contributed by atoms with van der Waals surface area (Å²) in [7, 11) is 0. The second-order valence-electron chi connectivity index (χ2n) is 12.1. The molecule has 4 rings (SSSR count). The van der Waals surface area contributed by atoms with Gasteiger partial charge in [0, 0.05) is 24.7 Å². The standard InChI is InChI=1S/C30H56N6/c1-2-24(32-30(35-27-19-11-5-12-20-27)36-28-21-13-6-14-22-28)23-31-29(33-25-15-7-3-8-16-25)34-26-17-9-4-10-18-26/h24-28H,2-23H2,1H3,(H2,31,33,34)(H2,32,35,36). The van der Waals surface area contributed by atoms with Gasteiger partial charge in [0.25, 0.3) is 0 Å². The van der Waals surface area contributed by atoms with Crippen molar-refractivity contribution in [2.45, 2.75) is 172 Å². The summed E-state index contributed by atoms with van der Waals surface area (Å²) in [4.78, 5) is 10.5. The number of rotatable bonds is 8. The van der Waals surface area contributed by atoms with Crippen LogP contribution in [0.1, 0.15) is 142 Å². The largest absolute Gasteiger partial charge is 0.354 e. The Labute approximate surface area is 221 Å². The lowest BCUT2D eigenvalue weighted by atomic mass is 9.95. The molecule has 0 bridgehead atoms. The molecular weight excluding hydrogens is 444 g/mol. The van der Waals surface area contributed by atoms with E-state index in [9.17, 15) is 0 Å².